The molecule has 1 aromatic heterocycles. The lowest BCUT2D eigenvalue weighted by Crippen LogP contribution is -2.21. The van der Waals surface area contributed by atoms with E-state index in [1.165, 1.54) is 5.56 Å². The number of rotatable bonds is 7. The van der Waals surface area contributed by atoms with Gasteiger partial charge in [-0.05, 0) is 31.6 Å². The molecule has 0 bridgehead atoms. The van der Waals surface area contributed by atoms with E-state index < -0.39 is 0 Å². The average Bonchev–Trinajstić information content (AvgIpc) is 2.45. The van der Waals surface area contributed by atoms with Crippen molar-refractivity contribution in [3.8, 4) is 0 Å². The third-order valence-corrected chi connectivity index (χ3v) is 3.12. The van der Waals surface area contributed by atoms with Gasteiger partial charge < -0.3 is 16.0 Å². The Hall–Kier alpha value is -2.07. The zero-order chi connectivity index (χ0) is 14.2. The first kappa shape index (κ1) is 14.3. The van der Waals surface area contributed by atoms with Crippen LogP contribution in [0.1, 0.15) is 12.0 Å². The molecule has 1 heterocycles. The summed E-state index contributed by atoms with van der Waals surface area (Å²) >= 11 is 0. The predicted octanol–water partition coefficient (Wildman–Crippen LogP) is 2.60. The number of nitrogen functional groups attached to an aromatic ring is 1. The summed E-state index contributed by atoms with van der Waals surface area (Å²) < 4.78 is 0. The maximum Gasteiger partial charge on any atom is 0.125 e. The van der Waals surface area contributed by atoms with Crippen LogP contribution in [0.4, 0.5) is 11.5 Å². The van der Waals surface area contributed by atoms with Crippen molar-refractivity contribution in [1.82, 2.24) is 9.88 Å². The molecule has 0 amide bonds. The Morgan fingerprint density at radius 3 is 2.75 bits per heavy atom. The van der Waals surface area contributed by atoms with E-state index in [0.717, 1.165) is 31.7 Å². The summed E-state index contributed by atoms with van der Waals surface area (Å²) in [7, 11) is 2.15. The van der Waals surface area contributed by atoms with Gasteiger partial charge in [0, 0.05) is 31.0 Å². The molecule has 0 fully saturated rings. The lowest BCUT2D eigenvalue weighted by Gasteiger charge is -2.17. The number of nitrogens with zero attached hydrogens (tertiary/aromatic N) is 2. The zero-order valence-electron chi connectivity index (χ0n) is 11.9. The van der Waals surface area contributed by atoms with Gasteiger partial charge in [0.1, 0.15) is 5.82 Å². The van der Waals surface area contributed by atoms with Gasteiger partial charge >= 0.3 is 0 Å². The van der Waals surface area contributed by atoms with Crippen molar-refractivity contribution in [2.75, 3.05) is 31.2 Å². The number of anilines is 2. The molecule has 0 radical (unpaired) electrons. The van der Waals surface area contributed by atoms with Crippen LogP contribution in [-0.4, -0.2) is 30.0 Å². The molecule has 1 aromatic carbocycles. The first-order valence-electron chi connectivity index (χ1n) is 6.92. The van der Waals surface area contributed by atoms with Gasteiger partial charge in [0.05, 0.1) is 0 Å². The Bertz CT molecular complexity index is 513. The molecule has 2 aromatic rings. The van der Waals surface area contributed by atoms with Crippen molar-refractivity contribution >= 4 is 11.5 Å². The quantitative estimate of drug-likeness (QED) is 0.759. The molecule has 0 aliphatic heterocycles. The van der Waals surface area contributed by atoms with E-state index in [1.807, 2.05) is 18.2 Å². The van der Waals surface area contributed by atoms with Gasteiger partial charge in [0.15, 0.2) is 0 Å². The first-order valence-corrected chi connectivity index (χ1v) is 6.92. The fraction of sp³-hybridized carbons (Fsp3) is 0.312. The minimum absolute atomic E-state index is 0.552. The topological polar surface area (TPSA) is 54.2 Å². The molecule has 20 heavy (non-hydrogen) atoms. The van der Waals surface area contributed by atoms with Crippen LogP contribution in [0.2, 0.25) is 0 Å². The van der Waals surface area contributed by atoms with Gasteiger partial charge in [0.2, 0.25) is 0 Å². The normalized spacial score (nSPS) is 10.7. The molecular formula is C16H22N4. The maximum absolute atomic E-state index is 5.64. The highest BCUT2D eigenvalue weighted by atomic mass is 15.1. The summed E-state index contributed by atoms with van der Waals surface area (Å²) in [6.07, 6.45) is 2.81. The number of pyridine rings is 1. The van der Waals surface area contributed by atoms with E-state index in [1.54, 1.807) is 6.20 Å². The maximum atomic E-state index is 5.64. The number of nitrogens with two attached hydrogens (primary N) is 1. The summed E-state index contributed by atoms with van der Waals surface area (Å²) in [4.78, 5) is 6.30. The minimum atomic E-state index is 0.552. The van der Waals surface area contributed by atoms with Crippen LogP contribution in [-0.2, 0) is 6.54 Å². The second kappa shape index (κ2) is 7.50. The van der Waals surface area contributed by atoms with E-state index in [9.17, 15) is 0 Å². The van der Waals surface area contributed by atoms with Crippen LogP contribution >= 0.6 is 0 Å². The SMILES string of the molecule is CN(CCCNc1ccnc(N)c1)Cc1ccccc1. The molecule has 0 aliphatic carbocycles. The summed E-state index contributed by atoms with van der Waals surface area (Å²) in [5.74, 6) is 0.552. The molecule has 4 nitrogen and oxygen atoms in total. The lowest BCUT2D eigenvalue weighted by atomic mass is 10.2. The van der Waals surface area contributed by atoms with Gasteiger partial charge in [0.25, 0.3) is 0 Å². The van der Waals surface area contributed by atoms with E-state index in [0.29, 0.717) is 5.82 Å². The molecular weight excluding hydrogens is 248 g/mol. The van der Waals surface area contributed by atoms with Crippen LogP contribution in [0.3, 0.4) is 0 Å². The molecule has 0 aliphatic rings. The van der Waals surface area contributed by atoms with Crippen LogP contribution < -0.4 is 11.1 Å². The largest absolute Gasteiger partial charge is 0.385 e. The van der Waals surface area contributed by atoms with Crippen molar-refractivity contribution in [2.24, 2.45) is 0 Å². The number of benzene rings is 1. The predicted molar refractivity (Wildman–Crippen MR) is 84.5 cm³/mol. The third-order valence-electron chi connectivity index (χ3n) is 3.12. The summed E-state index contributed by atoms with van der Waals surface area (Å²) in [6, 6.07) is 14.3. The molecule has 0 spiro atoms. The molecule has 0 saturated carbocycles. The second-order valence-corrected chi connectivity index (χ2v) is 4.97. The fourth-order valence-electron chi connectivity index (χ4n) is 2.11. The van der Waals surface area contributed by atoms with Crippen molar-refractivity contribution in [3.63, 3.8) is 0 Å². The monoisotopic (exact) mass is 270 g/mol. The highest BCUT2D eigenvalue weighted by molar-refractivity contribution is 5.49. The van der Waals surface area contributed by atoms with Crippen molar-refractivity contribution in [2.45, 2.75) is 13.0 Å². The first-order chi connectivity index (χ1) is 9.74. The molecule has 0 atom stereocenters. The van der Waals surface area contributed by atoms with Gasteiger partial charge in [-0.1, -0.05) is 30.3 Å². The Balaban J connectivity index is 1.66. The Labute approximate surface area is 120 Å². The Morgan fingerprint density at radius 2 is 2.00 bits per heavy atom. The van der Waals surface area contributed by atoms with Gasteiger partial charge in [-0.2, -0.15) is 0 Å². The minimum Gasteiger partial charge on any atom is -0.385 e. The van der Waals surface area contributed by atoms with E-state index in [2.05, 4.69) is 46.5 Å². The fourth-order valence-corrected chi connectivity index (χ4v) is 2.11. The van der Waals surface area contributed by atoms with Crippen molar-refractivity contribution < 1.29 is 0 Å². The van der Waals surface area contributed by atoms with Crippen LogP contribution in [0.5, 0.6) is 0 Å². The summed E-state index contributed by atoms with van der Waals surface area (Å²) in [5.41, 5.74) is 8.02. The van der Waals surface area contributed by atoms with E-state index in [4.69, 9.17) is 5.73 Å². The van der Waals surface area contributed by atoms with Crippen molar-refractivity contribution in [1.29, 1.82) is 0 Å². The van der Waals surface area contributed by atoms with Gasteiger partial charge in [-0.15, -0.1) is 0 Å². The number of hydrogen-bond acceptors (Lipinski definition) is 4. The highest BCUT2D eigenvalue weighted by Crippen LogP contribution is 2.09. The van der Waals surface area contributed by atoms with Gasteiger partial charge in [-0.25, -0.2) is 4.98 Å². The molecule has 0 unspecified atom stereocenters. The molecule has 3 N–H and O–H groups in total. The highest BCUT2D eigenvalue weighted by Gasteiger charge is 2.00. The van der Waals surface area contributed by atoms with Crippen LogP contribution in [0.25, 0.3) is 0 Å². The van der Waals surface area contributed by atoms with E-state index in [-0.39, 0.29) is 0 Å². The second-order valence-electron chi connectivity index (χ2n) is 4.97. The van der Waals surface area contributed by atoms with Crippen molar-refractivity contribution in [3.05, 3.63) is 54.2 Å². The van der Waals surface area contributed by atoms with Gasteiger partial charge in [-0.3, -0.25) is 0 Å². The number of aromatic nitrogens is 1. The Morgan fingerprint density at radius 1 is 1.20 bits per heavy atom. The summed E-state index contributed by atoms with van der Waals surface area (Å²) in [5, 5.41) is 3.36. The lowest BCUT2D eigenvalue weighted by molar-refractivity contribution is 0.325. The number of hydrogen-bond donors (Lipinski definition) is 2. The Kier molecular flexibility index (Phi) is 5.38. The average molecular weight is 270 g/mol. The van der Waals surface area contributed by atoms with Crippen LogP contribution in [0.15, 0.2) is 48.7 Å². The molecule has 0 saturated heterocycles. The summed E-state index contributed by atoms with van der Waals surface area (Å²) in [6.45, 7) is 2.98. The molecule has 4 heteroatoms. The number of nitrogens with one attached hydrogen (secondary N) is 1. The standard InChI is InChI=1S/C16H22N4/c1-20(13-14-6-3-2-4-7-14)11-5-9-18-15-8-10-19-16(17)12-15/h2-4,6-8,10,12H,5,9,11,13H2,1H3,(H3,17,18,19). The molecule has 2 rings (SSSR count). The molecule has 106 valence electrons. The van der Waals surface area contributed by atoms with Crippen LogP contribution in [0, 0.1) is 0 Å². The zero-order valence-corrected chi connectivity index (χ0v) is 11.9. The third kappa shape index (κ3) is 4.90. The smallest absolute Gasteiger partial charge is 0.125 e. The van der Waals surface area contributed by atoms with E-state index >= 15 is 0 Å².